The van der Waals surface area contributed by atoms with Crippen molar-refractivity contribution < 1.29 is 33.1 Å². The van der Waals surface area contributed by atoms with Gasteiger partial charge in [-0.25, -0.2) is 4.90 Å². The number of benzene rings is 2. The van der Waals surface area contributed by atoms with Gasteiger partial charge in [-0.1, -0.05) is 18.2 Å². The van der Waals surface area contributed by atoms with E-state index in [2.05, 4.69) is 0 Å². The monoisotopic (exact) mass is 462 g/mol. The molecule has 1 aliphatic heterocycles. The van der Waals surface area contributed by atoms with Crippen LogP contribution in [-0.4, -0.2) is 41.2 Å². The van der Waals surface area contributed by atoms with Crippen LogP contribution in [0.4, 0.5) is 5.69 Å². The summed E-state index contributed by atoms with van der Waals surface area (Å²) in [5.41, 5.74) is 0.319. The maximum absolute atomic E-state index is 13.3. The van der Waals surface area contributed by atoms with Crippen LogP contribution in [0.5, 0.6) is 11.5 Å². The van der Waals surface area contributed by atoms with Crippen LogP contribution in [0.2, 0.25) is 0 Å². The number of amides is 3. The minimum absolute atomic E-state index is 0.00684. The Morgan fingerprint density at radius 2 is 1.74 bits per heavy atom. The molecule has 3 amide bonds. The number of hydrogen-bond acceptors (Lipinski definition) is 7. The Morgan fingerprint density at radius 3 is 2.38 bits per heavy atom. The molecule has 0 N–H and O–H groups in total. The average Bonchev–Trinajstić information content (AvgIpc) is 3.44. The van der Waals surface area contributed by atoms with Gasteiger partial charge in [0, 0.05) is 6.92 Å². The second-order valence-corrected chi connectivity index (χ2v) is 7.58. The quantitative estimate of drug-likeness (QED) is 0.288. The number of hydrogen-bond donors (Lipinski definition) is 0. The molecule has 9 heteroatoms. The van der Waals surface area contributed by atoms with E-state index in [0.29, 0.717) is 22.9 Å². The maximum Gasteiger partial charge on any atom is 0.308 e. The zero-order chi connectivity index (χ0) is 24.1. The van der Waals surface area contributed by atoms with Crippen molar-refractivity contribution in [1.82, 2.24) is 4.90 Å². The Labute approximate surface area is 195 Å². The number of furan rings is 1. The third kappa shape index (κ3) is 5.15. The molecule has 9 nitrogen and oxygen atoms in total. The Bertz CT molecular complexity index is 1170. The number of carbonyl (C=O) groups excluding carboxylic acids is 4. The van der Waals surface area contributed by atoms with Crippen molar-refractivity contribution in [3.05, 3.63) is 78.8 Å². The van der Waals surface area contributed by atoms with Gasteiger partial charge in [0.1, 0.15) is 23.3 Å². The van der Waals surface area contributed by atoms with Crippen molar-refractivity contribution in [3.8, 4) is 11.5 Å². The second kappa shape index (κ2) is 10.0. The molecule has 0 aliphatic carbocycles. The molecule has 0 spiro atoms. The van der Waals surface area contributed by atoms with Crippen molar-refractivity contribution in [2.45, 2.75) is 25.9 Å². The highest BCUT2D eigenvalue weighted by atomic mass is 16.5. The molecule has 34 heavy (non-hydrogen) atoms. The number of nitrogens with zero attached hydrogens (tertiary/aromatic N) is 2. The molecule has 3 aromatic rings. The second-order valence-electron chi connectivity index (χ2n) is 7.58. The topological polar surface area (TPSA) is 106 Å². The van der Waals surface area contributed by atoms with Crippen molar-refractivity contribution in [2.24, 2.45) is 0 Å². The third-order valence-electron chi connectivity index (χ3n) is 5.19. The smallest absolute Gasteiger partial charge is 0.308 e. The summed E-state index contributed by atoms with van der Waals surface area (Å²) in [5.74, 6) is -0.653. The molecule has 4 rings (SSSR count). The number of rotatable bonds is 8. The van der Waals surface area contributed by atoms with Crippen molar-refractivity contribution in [1.29, 1.82) is 0 Å². The fourth-order valence-electron chi connectivity index (χ4n) is 3.65. The normalized spacial score (nSPS) is 15.3. The average molecular weight is 462 g/mol. The minimum atomic E-state index is -1.02. The highest BCUT2D eigenvalue weighted by Crippen LogP contribution is 2.28. The van der Waals surface area contributed by atoms with Gasteiger partial charge in [0.25, 0.3) is 11.8 Å². The summed E-state index contributed by atoms with van der Waals surface area (Å²) < 4.78 is 15.9. The highest BCUT2D eigenvalue weighted by molar-refractivity contribution is 6.23. The fourth-order valence-corrected chi connectivity index (χ4v) is 3.65. The molecule has 1 atom stereocenters. The number of imide groups is 1. The van der Waals surface area contributed by atoms with Gasteiger partial charge < -0.3 is 18.8 Å². The summed E-state index contributed by atoms with van der Waals surface area (Å²) in [6, 6.07) is 17.2. The molecular weight excluding hydrogens is 440 g/mol. The van der Waals surface area contributed by atoms with E-state index >= 15 is 0 Å². The summed E-state index contributed by atoms with van der Waals surface area (Å²) >= 11 is 0. The highest BCUT2D eigenvalue weighted by Gasteiger charge is 2.44. The van der Waals surface area contributed by atoms with Crippen molar-refractivity contribution >= 4 is 29.4 Å². The van der Waals surface area contributed by atoms with Crippen LogP contribution >= 0.6 is 0 Å². The van der Waals surface area contributed by atoms with Gasteiger partial charge in [0.15, 0.2) is 6.61 Å². The van der Waals surface area contributed by atoms with Gasteiger partial charge in [0.2, 0.25) is 5.91 Å². The molecule has 174 valence electrons. The number of esters is 1. The largest absolute Gasteiger partial charge is 0.484 e. The van der Waals surface area contributed by atoms with Crippen LogP contribution in [0.15, 0.2) is 77.4 Å². The van der Waals surface area contributed by atoms with E-state index in [0.717, 1.165) is 4.90 Å². The molecule has 0 bridgehead atoms. The van der Waals surface area contributed by atoms with E-state index in [-0.39, 0.29) is 19.6 Å². The number of para-hydroxylation sites is 1. The summed E-state index contributed by atoms with van der Waals surface area (Å²) in [6.07, 6.45) is 1.29. The SMILES string of the molecule is CC(=O)Oc1ccc(N2C(=O)CC(N(Cc3ccco3)C(=O)COc3ccccc3)C2=O)cc1. The van der Waals surface area contributed by atoms with Gasteiger partial charge in [-0.3, -0.25) is 19.2 Å². The Hall–Kier alpha value is -4.40. The zero-order valence-electron chi connectivity index (χ0n) is 18.4. The fraction of sp³-hybridized carbons (Fsp3) is 0.200. The molecule has 1 unspecified atom stereocenters. The molecule has 2 aromatic carbocycles. The van der Waals surface area contributed by atoms with E-state index in [1.54, 1.807) is 36.4 Å². The zero-order valence-corrected chi connectivity index (χ0v) is 18.4. The van der Waals surface area contributed by atoms with Crippen LogP contribution in [0.3, 0.4) is 0 Å². The minimum Gasteiger partial charge on any atom is -0.484 e. The Morgan fingerprint density at radius 1 is 1.00 bits per heavy atom. The van der Waals surface area contributed by atoms with Gasteiger partial charge in [-0.05, 0) is 48.5 Å². The van der Waals surface area contributed by atoms with E-state index in [1.165, 1.54) is 42.4 Å². The van der Waals surface area contributed by atoms with Gasteiger partial charge in [0.05, 0.1) is 24.9 Å². The van der Waals surface area contributed by atoms with Gasteiger partial charge in [-0.15, -0.1) is 0 Å². The molecular formula is C25H22N2O7. The first-order valence-electron chi connectivity index (χ1n) is 10.6. The first-order valence-corrected chi connectivity index (χ1v) is 10.6. The molecule has 1 aliphatic rings. The van der Waals surface area contributed by atoms with E-state index in [9.17, 15) is 19.2 Å². The van der Waals surface area contributed by atoms with Crippen LogP contribution < -0.4 is 14.4 Å². The van der Waals surface area contributed by atoms with E-state index < -0.39 is 29.7 Å². The predicted molar refractivity (Wildman–Crippen MR) is 120 cm³/mol. The summed E-state index contributed by atoms with van der Waals surface area (Å²) in [6.45, 7) is 0.977. The number of ether oxygens (including phenoxy) is 2. The van der Waals surface area contributed by atoms with Gasteiger partial charge >= 0.3 is 5.97 Å². The molecule has 0 saturated carbocycles. The molecule has 1 aromatic heterocycles. The van der Waals surface area contributed by atoms with Gasteiger partial charge in [-0.2, -0.15) is 0 Å². The Kier molecular flexibility index (Phi) is 6.72. The summed E-state index contributed by atoms with van der Waals surface area (Å²) in [4.78, 5) is 52.6. The summed E-state index contributed by atoms with van der Waals surface area (Å²) in [5, 5.41) is 0. The van der Waals surface area contributed by atoms with Crippen molar-refractivity contribution in [3.63, 3.8) is 0 Å². The molecule has 0 radical (unpaired) electrons. The third-order valence-corrected chi connectivity index (χ3v) is 5.19. The lowest BCUT2D eigenvalue weighted by Gasteiger charge is -2.27. The summed E-state index contributed by atoms with van der Waals surface area (Å²) in [7, 11) is 0. The standard InChI is InChI=1S/C25H22N2O7/c1-17(28)34-20-11-9-18(10-12-20)27-23(29)14-22(25(27)31)26(15-21-8-5-13-32-21)24(30)16-33-19-6-3-2-4-7-19/h2-13,22H,14-16H2,1H3. The lowest BCUT2D eigenvalue weighted by molar-refractivity contribution is -0.141. The first kappa shape index (κ1) is 22.8. The molecule has 2 heterocycles. The van der Waals surface area contributed by atoms with Crippen molar-refractivity contribution in [2.75, 3.05) is 11.5 Å². The lowest BCUT2D eigenvalue weighted by Crippen LogP contribution is -2.46. The van der Waals surface area contributed by atoms with E-state index in [1.807, 2.05) is 6.07 Å². The van der Waals surface area contributed by atoms with Crippen LogP contribution in [0.1, 0.15) is 19.1 Å². The van der Waals surface area contributed by atoms with Crippen LogP contribution in [-0.2, 0) is 25.7 Å². The van der Waals surface area contributed by atoms with E-state index in [4.69, 9.17) is 13.9 Å². The predicted octanol–water partition coefficient (Wildman–Crippen LogP) is 2.94. The molecule has 1 fully saturated rings. The Balaban J connectivity index is 1.53. The molecule has 1 saturated heterocycles. The van der Waals surface area contributed by atoms with Crippen LogP contribution in [0.25, 0.3) is 0 Å². The van der Waals surface area contributed by atoms with Crippen LogP contribution in [0, 0.1) is 0 Å². The number of carbonyl (C=O) groups is 4. The number of anilines is 1. The maximum atomic E-state index is 13.3. The lowest BCUT2D eigenvalue weighted by atomic mass is 10.2. The first-order chi connectivity index (χ1) is 16.4.